The summed E-state index contributed by atoms with van der Waals surface area (Å²) in [5.74, 6) is 0. The maximum Gasteiger partial charge on any atom is 0.0541 e. The summed E-state index contributed by atoms with van der Waals surface area (Å²) in [6.07, 6.45) is 5.08. The van der Waals surface area contributed by atoms with Crippen LogP contribution in [0.15, 0.2) is 84.9 Å². The maximum absolute atomic E-state index is 2.71. The Balaban J connectivity index is 1.48. The lowest BCUT2D eigenvalue weighted by atomic mass is 9.61. The number of para-hydroxylation sites is 2. The van der Waals surface area contributed by atoms with Crippen molar-refractivity contribution in [2.45, 2.75) is 64.3 Å². The summed E-state index contributed by atoms with van der Waals surface area (Å²) in [5.41, 5.74) is 11.0. The van der Waals surface area contributed by atoms with Crippen molar-refractivity contribution < 1.29 is 0 Å². The minimum absolute atomic E-state index is 0.0611. The van der Waals surface area contributed by atoms with Crippen molar-refractivity contribution in [1.29, 1.82) is 0 Å². The third-order valence-corrected chi connectivity index (χ3v) is 9.45. The minimum Gasteiger partial charge on any atom is -0.334 e. The predicted octanol–water partition coefficient (Wildman–Crippen LogP) is 9.14. The molecule has 0 radical (unpaired) electrons. The van der Waals surface area contributed by atoms with Gasteiger partial charge in [-0.05, 0) is 86.7 Å². The quantitative estimate of drug-likeness (QED) is 0.250. The minimum atomic E-state index is 0.0611. The molecule has 2 atom stereocenters. The fourth-order valence-electron chi connectivity index (χ4n) is 7.75. The first-order chi connectivity index (χ1) is 17.4. The second-order valence-corrected chi connectivity index (χ2v) is 11.5. The van der Waals surface area contributed by atoms with Crippen LogP contribution in [-0.2, 0) is 5.41 Å². The lowest BCUT2D eigenvalue weighted by molar-refractivity contribution is 0.194. The van der Waals surface area contributed by atoms with E-state index in [4.69, 9.17) is 0 Å². The second kappa shape index (κ2) is 7.49. The lowest BCUT2D eigenvalue weighted by Crippen LogP contribution is -2.54. The highest BCUT2D eigenvalue weighted by molar-refractivity contribution is 6.09. The van der Waals surface area contributed by atoms with Gasteiger partial charge in [-0.15, -0.1) is 0 Å². The molecule has 7 rings (SSSR count). The molecule has 1 saturated carbocycles. The average molecular weight is 471 g/mol. The Labute approximate surface area is 214 Å². The van der Waals surface area contributed by atoms with Gasteiger partial charge in [0.05, 0.1) is 16.6 Å². The Kier molecular flexibility index (Phi) is 4.52. The standard InChI is InChI=1S/C34H34N2/c1-23-20-24(2)32-31(21-23)36(34(4)19-10-9-18-33(32,34)3)26-13-11-12-25(22-26)35-29-16-7-5-14-27(29)28-15-6-8-17-30(28)35/h5-8,11-17,20-22H,9-10,18-19H2,1-4H3. The number of aromatic nitrogens is 1. The first-order valence-corrected chi connectivity index (χ1v) is 13.4. The summed E-state index contributed by atoms with van der Waals surface area (Å²) in [5, 5.41) is 2.62. The summed E-state index contributed by atoms with van der Waals surface area (Å²) in [6.45, 7) is 9.62. The Morgan fingerprint density at radius 2 is 1.31 bits per heavy atom. The van der Waals surface area contributed by atoms with Crippen LogP contribution in [0.4, 0.5) is 11.4 Å². The zero-order chi connectivity index (χ0) is 24.7. The molecule has 2 unspecified atom stereocenters. The molecule has 1 fully saturated rings. The molecule has 2 aliphatic rings. The van der Waals surface area contributed by atoms with Crippen LogP contribution in [0, 0.1) is 13.8 Å². The first-order valence-electron chi connectivity index (χ1n) is 13.4. The molecule has 4 aromatic carbocycles. The number of nitrogens with zero attached hydrogens (tertiary/aromatic N) is 2. The highest BCUT2D eigenvalue weighted by Gasteiger charge is 2.58. The van der Waals surface area contributed by atoms with Crippen molar-refractivity contribution in [1.82, 2.24) is 4.57 Å². The van der Waals surface area contributed by atoms with E-state index in [2.05, 4.69) is 122 Å². The highest BCUT2D eigenvalue weighted by Crippen LogP contribution is 2.61. The van der Waals surface area contributed by atoms with E-state index in [1.165, 1.54) is 75.7 Å². The predicted molar refractivity (Wildman–Crippen MR) is 153 cm³/mol. The van der Waals surface area contributed by atoms with Crippen molar-refractivity contribution in [2.75, 3.05) is 4.90 Å². The normalized spacial score (nSPS) is 23.3. The van der Waals surface area contributed by atoms with Gasteiger partial charge < -0.3 is 9.47 Å². The summed E-state index contributed by atoms with van der Waals surface area (Å²) in [7, 11) is 0. The molecule has 1 aromatic heterocycles. The van der Waals surface area contributed by atoms with Gasteiger partial charge in [-0.1, -0.05) is 68.3 Å². The van der Waals surface area contributed by atoms with E-state index in [9.17, 15) is 0 Å². The molecule has 1 aliphatic carbocycles. The summed E-state index contributed by atoms with van der Waals surface area (Å²) >= 11 is 0. The fraction of sp³-hybridized carbons (Fsp3) is 0.294. The number of rotatable bonds is 2. The van der Waals surface area contributed by atoms with Crippen LogP contribution in [0.3, 0.4) is 0 Å². The zero-order valence-electron chi connectivity index (χ0n) is 21.8. The Morgan fingerprint density at radius 3 is 2.03 bits per heavy atom. The molecular formula is C34H34N2. The molecule has 0 N–H and O–H groups in total. The highest BCUT2D eigenvalue weighted by atomic mass is 15.3. The summed E-state index contributed by atoms with van der Waals surface area (Å²) in [4.78, 5) is 2.71. The number of benzene rings is 4. The summed E-state index contributed by atoms with van der Waals surface area (Å²) in [6, 6.07) is 31.7. The number of fused-ring (bicyclic) bond motifs is 6. The van der Waals surface area contributed by atoms with Crippen LogP contribution < -0.4 is 4.90 Å². The smallest absolute Gasteiger partial charge is 0.0541 e. The SMILES string of the molecule is Cc1cc(C)c2c(c1)N(c1cccc(-n3c4ccccc4c4ccccc43)c1)C1(C)CCCCC21C. The van der Waals surface area contributed by atoms with Gasteiger partial charge in [-0.25, -0.2) is 0 Å². The van der Waals surface area contributed by atoms with Gasteiger partial charge in [-0.3, -0.25) is 0 Å². The molecule has 5 aromatic rings. The van der Waals surface area contributed by atoms with E-state index < -0.39 is 0 Å². The van der Waals surface area contributed by atoms with Crippen LogP contribution in [0.5, 0.6) is 0 Å². The van der Waals surface area contributed by atoms with E-state index in [0.717, 1.165) is 0 Å². The van der Waals surface area contributed by atoms with E-state index >= 15 is 0 Å². The van der Waals surface area contributed by atoms with Crippen LogP contribution >= 0.6 is 0 Å². The molecule has 2 heteroatoms. The van der Waals surface area contributed by atoms with Crippen LogP contribution in [0.2, 0.25) is 0 Å². The molecule has 1 aliphatic heterocycles. The molecule has 2 heterocycles. The lowest BCUT2D eigenvalue weighted by Gasteiger charge is -2.50. The molecule has 0 spiro atoms. The molecule has 180 valence electrons. The topological polar surface area (TPSA) is 8.17 Å². The van der Waals surface area contributed by atoms with Crippen molar-refractivity contribution in [3.8, 4) is 5.69 Å². The van der Waals surface area contributed by atoms with Crippen LogP contribution in [0.25, 0.3) is 27.5 Å². The van der Waals surface area contributed by atoms with Gasteiger partial charge in [0.15, 0.2) is 0 Å². The van der Waals surface area contributed by atoms with Crippen molar-refractivity contribution in [3.05, 3.63) is 102 Å². The van der Waals surface area contributed by atoms with Crippen molar-refractivity contribution in [2.24, 2.45) is 0 Å². The zero-order valence-corrected chi connectivity index (χ0v) is 21.8. The van der Waals surface area contributed by atoms with Gasteiger partial charge in [0, 0.05) is 33.2 Å². The number of hydrogen-bond donors (Lipinski definition) is 0. The van der Waals surface area contributed by atoms with Crippen LogP contribution in [0.1, 0.15) is 56.2 Å². The van der Waals surface area contributed by atoms with Gasteiger partial charge >= 0.3 is 0 Å². The number of aryl methyl sites for hydroxylation is 2. The number of hydrogen-bond acceptors (Lipinski definition) is 1. The van der Waals surface area contributed by atoms with E-state index in [1.807, 2.05) is 0 Å². The Morgan fingerprint density at radius 1 is 0.667 bits per heavy atom. The second-order valence-electron chi connectivity index (χ2n) is 11.5. The maximum atomic E-state index is 2.71. The number of anilines is 2. The van der Waals surface area contributed by atoms with E-state index in [0.29, 0.717) is 0 Å². The van der Waals surface area contributed by atoms with Gasteiger partial charge in [0.1, 0.15) is 0 Å². The molecule has 36 heavy (non-hydrogen) atoms. The largest absolute Gasteiger partial charge is 0.334 e. The van der Waals surface area contributed by atoms with Gasteiger partial charge in [0.2, 0.25) is 0 Å². The monoisotopic (exact) mass is 470 g/mol. The van der Waals surface area contributed by atoms with Crippen molar-refractivity contribution >= 4 is 33.2 Å². The Hall–Kier alpha value is -3.52. The molecule has 0 saturated heterocycles. The van der Waals surface area contributed by atoms with Gasteiger partial charge in [-0.2, -0.15) is 0 Å². The van der Waals surface area contributed by atoms with Crippen molar-refractivity contribution in [3.63, 3.8) is 0 Å². The molecule has 0 amide bonds. The van der Waals surface area contributed by atoms with Gasteiger partial charge in [0.25, 0.3) is 0 Å². The van der Waals surface area contributed by atoms with E-state index in [1.54, 1.807) is 5.56 Å². The third kappa shape index (κ3) is 2.73. The summed E-state index contributed by atoms with van der Waals surface area (Å²) < 4.78 is 2.44. The third-order valence-electron chi connectivity index (χ3n) is 9.45. The van der Waals surface area contributed by atoms with Crippen LogP contribution in [-0.4, -0.2) is 10.1 Å². The first kappa shape index (κ1) is 21.7. The Bertz CT molecular complexity index is 1600. The molecular weight excluding hydrogens is 436 g/mol. The fourth-order valence-corrected chi connectivity index (χ4v) is 7.75. The average Bonchev–Trinajstić information content (AvgIpc) is 3.31. The molecule has 0 bridgehead atoms. The molecule has 2 nitrogen and oxygen atoms in total. The van der Waals surface area contributed by atoms with E-state index in [-0.39, 0.29) is 11.0 Å².